The molecule has 2 N–H and O–H groups in total. The van der Waals surface area contributed by atoms with Crippen LogP contribution in [0.5, 0.6) is 0 Å². The zero-order valence-corrected chi connectivity index (χ0v) is 10.8. The van der Waals surface area contributed by atoms with Gasteiger partial charge in [0.2, 0.25) is 0 Å². The molecule has 1 atom stereocenters. The van der Waals surface area contributed by atoms with Crippen LogP contribution in [0.1, 0.15) is 43.2 Å². The number of hydrogen-bond acceptors (Lipinski definition) is 2. The number of aliphatic hydroxyl groups excluding tert-OH is 1. The average Bonchev–Trinajstić information content (AvgIpc) is 2.33. The Kier molecular flexibility index (Phi) is 4.03. The first-order valence-electron chi connectivity index (χ1n) is 6.67. The van der Waals surface area contributed by atoms with Crippen LogP contribution in [0.2, 0.25) is 0 Å². The van der Waals surface area contributed by atoms with E-state index in [1.54, 1.807) is 6.07 Å². The zero-order chi connectivity index (χ0) is 13.2. The van der Waals surface area contributed by atoms with Gasteiger partial charge >= 0.3 is 0 Å². The summed E-state index contributed by atoms with van der Waals surface area (Å²) in [5.74, 6) is -0.262. The molecule has 100 valence electrons. The van der Waals surface area contributed by atoms with Crippen molar-refractivity contribution in [3.05, 3.63) is 35.1 Å². The molecule has 0 spiro atoms. The summed E-state index contributed by atoms with van der Waals surface area (Å²) in [6.07, 6.45) is 4.02. The van der Waals surface area contributed by atoms with Gasteiger partial charge in [0.15, 0.2) is 0 Å². The fourth-order valence-electron chi connectivity index (χ4n) is 2.78. The lowest BCUT2D eigenvalue weighted by atomic mass is 9.78. The molecule has 1 aromatic rings. The highest BCUT2D eigenvalue weighted by Gasteiger charge is 2.36. The third-order valence-corrected chi connectivity index (χ3v) is 4.06. The predicted octanol–water partition coefficient (Wildman–Crippen LogP) is 2.73. The zero-order valence-electron chi connectivity index (χ0n) is 10.8. The van der Waals surface area contributed by atoms with E-state index in [0.717, 1.165) is 30.4 Å². The molecular formula is C15H21FO2. The maximum atomic E-state index is 13.0. The van der Waals surface area contributed by atoms with Gasteiger partial charge in [0, 0.05) is 6.42 Å². The summed E-state index contributed by atoms with van der Waals surface area (Å²) in [4.78, 5) is 0. The molecule has 1 fully saturated rings. The van der Waals surface area contributed by atoms with E-state index in [1.807, 2.05) is 6.92 Å². The molecule has 2 nitrogen and oxygen atoms in total. The maximum Gasteiger partial charge on any atom is 0.123 e. The quantitative estimate of drug-likeness (QED) is 0.868. The monoisotopic (exact) mass is 252 g/mol. The summed E-state index contributed by atoms with van der Waals surface area (Å²) < 4.78 is 13.0. The summed E-state index contributed by atoms with van der Waals surface area (Å²) in [6, 6.07) is 4.56. The average molecular weight is 252 g/mol. The van der Waals surface area contributed by atoms with Crippen molar-refractivity contribution in [1.82, 2.24) is 0 Å². The van der Waals surface area contributed by atoms with E-state index in [4.69, 9.17) is 0 Å². The number of benzene rings is 1. The molecule has 1 aromatic carbocycles. The van der Waals surface area contributed by atoms with Crippen molar-refractivity contribution in [2.24, 2.45) is 0 Å². The lowest BCUT2D eigenvalue weighted by molar-refractivity contribution is -0.0961. The van der Waals surface area contributed by atoms with E-state index in [0.29, 0.717) is 19.3 Å². The minimum atomic E-state index is -0.959. The fraction of sp³-hybridized carbons (Fsp3) is 0.600. The SMILES string of the molecule is Cc1cc(F)ccc1CC(O)C1(O)CCCCC1. The van der Waals surface area contributed by atoms with Gasteiger partial charge in [-0.25, -0.2) is 4.39 Å². The van der Waals surface area contributed by atoms with Crippen molar-refractivity contribution in [2.75, 3.05) is 0 Å². The third kappa shape index (κ3) is 2.90. The normalized spacial score (nSPS) is 20.7. The van der Waals surface area contributed by atoms with E-state index in [9.17, 15) is 14.6 Å². The Morgan fingerprint density at radius 1 is 1.28 bits per heavy atom. The Hall–Kier alpha value is -0.930. The Morgan fingerprint density at radius 3 is 2.56 bits per heavy atom. The van der Waals surface area contributed by atoms with Crippen molar-refractivity contribution >= 4 is 0 Å². The predicted molar refractivity (Wildman–Crippen MR) is 68.9 cm³/mol. The van der Waals surface area contributed by atoms with Gasteiger partial charge in [-0.15, -0.1) is 0 Å². The van der Waals surface area contributed by atoms with E-state index < -0.39 is 11.7 Å². The molecule has 0 heterocycles. The molecule has 0 bridgehead atoms. The second kappa shape index (κ2) is 5.37. The molecule has 0 aromatic heterocycles. The van der Waals surface area contributed by atoms with Gasteiger partial charge in [-0.05, 0) is 43.0 Å². The Labute approximate surface area is 107 Å². The van der Waals surface area contributed by atoms with Crippen LogP contribution in [0.25, 0.3) is 0 Å². The van der Waals surface area contributed by atoms with Crippen LogP contribution in [-0.2, 0) is 6.42 Å². The summed E-state index contributed by atoms with van der Waals surface area (Å²) in [5, 5.41) is 20.7. The van der Waals surface area contributed by atoms with Crippen LogP contribution < -0.4 is 0 Å². The summed E-state index contributed by atoms with van der Waals surface area (Å²) in [7, 11) is 0. The van der Waals surface area contributed by atoms with Crippen LogP contribution in [0.4, 0.5) is 4.39 Å². The lowest BCUT2D eigenvalue weighted by Gasteiger charge is -2.36. The molecular weight excluding hydrogens is 231 g/mol. The smallest absolute Gasteiger partial charge is 0.123 e. The first-order valence-corrected chi connectivity index (χ1v) is 6.67. The van der Waals surface area contributed by atoms with Crippen molar-refractivity contribution in [3.8, 4) is 0 Å². The van der Waals surface area contributed by atoms with Gasteiger partial charge in [0.25, 0.3) is 0 Å². The van der Waals surface area contributed by atoms with Crippen molar-refractivity contribution < 1.29 is 14.6 Å². The van der Waals surface area contributed by atoms with Gasteiger partial charge < -0.3 is 10.2 Å². The van der Waals surface area contributed by atoms with E-state index >= 15 is 0 Å². The van der Waals surface area contributed by atoms with Gasteiger partial charge in [0.1, 0.15) is 5.82 Å². The van der Waals surface area contributed by atoms with Crippen LogP contribution >= 0.6 is 0 Å². The highest BCUT2D eigenvalue weighted by atomic mass is 19.1. The molecule has 0 amide bonds. The van der Waals surface area contributed by atoms with E-state index in [-0.39, 0.29) is 5.82 Å². The first-order chi connectivity index (χ1) is 8.51. The van der Waals surface area contributed by atoms with Gasteiger partial charge in [-0.2, -0.15) is 0 Å². The summed E-state index contributed by atoms with van der Waals surface area (Å²) in [5.41, 5.74) is 0.773. The van der Waals surface area contributed by atoms with Gasteiger partial charge in [-0.3, -0.25) is 0 Å². The van der Waals surface area contributed by atoms with Crippen LogP contribution in [0.3, 0.4) is 0 Å². The topological polar surface area (TPSA) is 40.5 Å². The van der Waals surface area contributed by atoms with E-state index in [2.05, 4.69) is 0 Å². The third-order valence-electron chi connectivity index (χ3n) is 4.06. The molecule has 18 heavy (non-hydrogen) atoms. The van der Waals surface area contributed by atoms with Crippen LogP contribution in [-0.4, -0.2) is 21.9 Å². The molecule has 1 aliphatic rings. The minimum Gasteiger partial charge on any atom is -0.390 e. The molecule has 0 aliphatic heterocycles. The Morgan fingerprint density at radius 2 is 1.94 bits per heavy atom. The van der Waals surface area contributed by atoms with Crippen molar-refractivity contribution in [3.63, 3.8) is 0 Å². The molecule has 3 heteroatoms. The highest BCUT2D eigenvalue weighted by molar-refractivity contribution is 5.27. The van der Waals surface area contributed by atoms with Gasteiger partial charge in [-0.1, -0.05) is 25.3 Å². The number of rotatable bonds is 3. The van der Waals surface area contributed by atoms with Crippen molar-refractivity contribution in [1.29, 1.82) is 0 Å². The second-order valence-corrected chi connectivity index (χ2v) is 5.45. The number of aliphatic hydroxyl groups is 2. The lowest BCUT2D eigenvalue weighted by Crippen LogP contribution is -2.45. The molecule has 2 rings (SSSR count). The van der Waals surface area contributed by atoms with Crippen LogP contribution in [0, 0.1) is 12.7 Å². The Balaban J connectivity index is 2.08. The number of halogens is 1. The molecule has 1 saturated carbocycles. The van der Waals surface area contributed by atoms with Crippen LogP contribution in [0.15, 0.2) is 18.2 Å². The molecule has 0 saturated heterocycles. The van der Waals surface area contributed by atoms with E-state index in [1.165, 1.54) is 12.1 Å². The first kappa shape index (κ1) is 13.5. The number of hydrogen-bond donors (Lipinski definition) is 2. The maximum absolute atomic E-state index is 13.0. The fourth-order valence-corrected chi connectivity index (χ4v) is 2.78. The highest BCUT2D eigenvalue weighted by Crippen LogP contribution is 2.32. The van der Waals surface area contributed by atoms with Crippen molar-refractivity contribution in [2.45, 2.75) is 57.2 Å². The minimum absolute atomic E-state index is 0.262. The summed E-state index contributed by atoms with van der Waals surface area (Å²) in [6.45, 7) is 1.83. The largest absolute Gasteiger partial charge is 0.390 e. The molecule has 1 aliphatic carbocycles. The number of aryl methyl sites for hydroxylation is 1. The molecule has 0 radical (unpaired) electrons. The standard InChI is InChI=1S/C15H21FO2/c1-11-9-13(16)6-5-12(11)10-14(17)15(18)7-3-2-4-8-15/h5-6,9,14,17-18H,2-4,7-8,10H2,1H3. The summed E-state index contributed by atoms with van der Waals surface area (Å²) >= 11 is 0. The van der Waals surface area contributed by atoms with Gasteiger partial charge in [0.05, 0.1) is 11.7 Å². The molecule has 1 unspecified atom stereocenters. The Bertz CT molecular complexity index is 411. The second-order valence-electron chi connectivity index (χ2n) is 5.45.